The van der Waals surface area contributed by atoms with Crippen LogP contribution in [0.5, 0.6) is 0 Å². The second-order valence-corrected chi connectivity index (χ2v) is 7.57. The summed E-state index contributed by atoms with van der Waals surface area (Å²) in [6, 6.07) is 9.43. The van der Waals surface area contributed by atoms with Crippen LogP contribution in [0.25, 0.3) is 0 Å². The number of nitrogens with one attached hydrogen (secondary N) is 1. The zero-order valence-electron chi connectivity index (χ0n) is 12.7. The van der Waals surface area contributed by atoms with Crippen LogP contribution < -0.4 is 10.5 Å². The minimum absolute atomic E-state index is 0.145. The number of carbonyl (C=O) groups excluding carboxylic acids is 1. The summed E-state index contributed by atoms with van der Waals surface area (Å²) in [7, 11) is -3.58. The van der Waals surface area contributed by atoms with E-state index in [4.69, 9.17) is 5.73 Å². The summed E-state index contributed by atoms with van der Waals surface area (Å²) < 4.78 is 39.2. The van der Waals surface area contributed by atoms with E-state index < -0.39 is 21.1 Å². The summed E-state index contributed by atoms with van der Waals surface area (Å²) in [5.74, 6) is -0.792. The first-order valence-electron chi connectivity index (χ1n) is 6.92. The van der Waals surface area contributed by atoms with Crippen LogP contribution in [-0.4, -0.2) is 19.5 Å². The van der Waals surface area contributed by atoms with Gasteiger partial charge in [-0.2, -0.15) is 0 Å². The second kappa shape index (κ2) is 6.37. The lowest BCUT2D eigenvalue weighted by Crippen LogP contribution is -2.23. The normalized spacial score (nSPS) is 11.5. The fourth-order valence-corrected chi connectivity index (χ4v) is 2.54. The molecule has 23 heavy (non-hydrogen) atoms. The molecule has 0 radical (unpaired) electrons. The third kappa shape index (κ3) is 3.87. The summed E-state index contributed by atoms with van der Waals surface area (Å²) in [6.07, 6.45) is 0. The third-order valence-corrected chi connectivity index (χ3v) is 5.04. The molecular formula is C16H17FN2O3S. The van der Waals surface area contributed by atoms with Gasteiger partial charge in [-0.05, 0) is 56.3 Å². The van der Waals surface area contributed by atoms with Gasteiger partial charge in [0, 0.05) is 11.1 Å². The molecule has 0 fully saturated rings. The van der Waals surface area contributed by atoms with Crippen molar-refractivity contribution in [3.63, 3.8) is 0 Å². The Bertz CT molecular complexity index is 831. The lowest BCUT2D eigenvalue weighted by atomic mass is 10.0. The number of nitrogen functional groups attached to an aromatic ring is 1. The van der Waals surface area contributed by atoms with E-state index in [0.717, 1.165) is 0 Å². The van der Waals surface area contributed by atoms with Crippen LogP contribution in [0.3, 0.4) is 0 Å². The van der Waals surface area contributed by atoms with E-state index in [2.05, 4.69) is 4.72 Å². The highest BCUT2D eigenvalue weighted by atomic mass is 32.2. The van der Waals surface area contributed by atoms with Gasteiger partial charge in [-0.15, -0.1) is 0 Å². The molecule has 2 aromatic rings. The number of hydrogen-bond acceptors (Lipinski definition) is 4. The Balaban J connectivity index is 2.37. The van der Waals surface area contributed by atoms with Gasteiger partial charge in [-0.1, -0.05) is 0 Å². The molecule has 0 bridgehead atoms. The van der Waals surface area contributed by atoms with Crippen molar-refractivity contribution in [2.24, 2.45) is 0 Å². The maximum Gasteiger partial charge on any atom is 0.235 e. The average Bonchev–Trinajstić information content (AvgIpc) is 2.49. The molecule has 5 nitrogen and oxygen atoms in total. The number of anilines is 2. The van der Waals surface area contributed by atoms with Crippen molar-refractivity contribution in [3.05, 3.63) is 59.4 Å². The van der Waals surface area contributed by atoms with E-state index in [1.165, 1.54) is 56.3 Å². The molecule has 0 heterocycles. The van der Waals surface area contributed by atoms with Crippen molar-refractivity contribution in [2.45, 2.75) is 19.1 Å². The van der Waals surface area contributed by atoms with Crippen molar-refractivity contribution in [3.8, 4) is 0 Å². The highest BCUT2D eigenvalue weighted by Crippen LogP contribution is 2.24. The standard InChI is InChI=1S/C16H17FN2O3S/c1-10(2)23(21,22)19-15-9-12(5-8-14(15)18)16(20)11-3-6-13(17)7-4-11/h3-10,19H,18H2,1-2H3. The summed E-state index contributed by atoms with van der Waals surface area (Å²) in [4.78, 5) is 12.4. The summed E-state index contributed by atoms with van der Waals surface area (Å²) in [5, 5.41) is -0.640. The van der Waals surface area contributed by atoms with Gasteiger partial charge >= 0.3 is 0 Å². The number of nitrogens with two attached hydrogens (primary N) is 1. The van der Waals surface area contributed by atoms with Crippen molar-refractivity contribution >= 4 is 27.2 Å². The number of sulfonamides is 1. The minimum Gasteiger partial charge on any atom is -0.397 e. The van der Waals surface area contributed by atoms with Gasteiger partial charge in [0.25, 0.3) is 0 Å². The lowest BCUT2D eigenvalue weighted by molar-refractivity contribution is 0.103. The quantitative estimate of drug-likeness (QED) is 0.649. The van der Waals surface area contributed by atoms with E-state index in [1.807, 2.05) is 0 Å². The third-order valence-electron chi connectivity index (χ3n) is 3.29. The molecule has 0 amide bonds. The van der Waals surface area contributed by atoms with Crippen LogP contribution in [-0.2, 0) is 10.0 Å². The monoisotopic (exact) mass is 336 g/mol. The fraction of sp³-hybridized carbons (Fsp3) is 0.188. The summed E-state index contributed by atoms with van der Waals surface area (Å²) in [5.41, 5.74) is 6.68. The smallest absolute Gasteiger partial charge is 0.235 e. The van der Waals surface area contributed by atoms with E-state index >= 15 is 0 Å². The molecule has 0 aliphatic carbocycles. The molecular weight excluding hydrogens is 319 g/mol. The number of benzene rings is 2. The Hall–Kier alpha value is -2.41. The van der Waals surface area contributed by atoms with Gasteiger partial charge in [-0.3, -0.25) is 9.52 Å². The largest absolute Gasteiger partial charge is 0.397 e. The van der Waals surface area contributed by atoms with Gasteiger partial charge in [0.1, 0.15) is 5.82 Å². The van der Waals surface area contributed by atoms with Crippen molar-refractivity contribution in [1.29, 1.82) is 0 Å². The second-order valence-electron chi connectivity index (χ2n) is 5.33. The molecule has 0 saturated carbocycles. The summed E-state index contributed by atoms with van der Waals surface area (Å²) >= 11 is 0. The van der Waals surface area contributed by atoms with Gasteiger partial charge in [-0.25, -0.2) is 12.8 Å². The van der Waals surface area contributed by atoms with Gasteiger partial charge in [0.05, 0.1) is 16.6 Å². The van der Waals surface area contributed by atoms with E-state index in [-0.39, 0.29) is 22.7 Å². The molecule has 3 N–H and O–H groups in total. The zero-order chi connectivity index (χ0) is 17.2. The van der Waals surface area contributed by atoms with Crippen LogP contribution in [0.2, 0.25) is 0 Å². The van der Waals surface area contributed by atoms with Gasteiger partial charge in [0.2, 0.25) is 10.0 Å². The maximum absolute atomic E-state index is 12.9. The van der Waals surface area contributed by atoms with Crippen LogP contribution in [0.15, 0.2) is 42.5 Å². The van der Waals surface area contributed by atoms with E-state index in [1.54, 1.807) is 0 Å². The van der Waals surface area contributed by atoms with Crippen LogP contribution in [0, 0.1) is 5.82 Å². The number of halogens is 1. The molecule has 2 aromatic carbocycles. The molecule has 0 atom stereocenters. The number of ketones is 1. The lowest BCUT2D eigenvalue weighted by Gasteiger charge is -2.13. The van der Waals surface area contributed by atoms with Crippen LogP contribution in [0.1, 0.15) is 29.8 Å². The molecule has 7 heteroatoms. The first kappa shape index (κ1) is 17.0. The van der Waals surface area contributed by atoms with Crippen LogP contribution >= 0.6 is 0 Å². The molecule has 0 aliphatic heterocycles. The number of carbonyl (C=O) groups is 1. The van der Waals surface area contributed by atoms with E-state index in [9.17, 15) is 17.6 Å². The Morgan fingerprint density at radius 1 is 1.09 bits per heavy atom. The van der Waals surface area contributed by atoms with Crippen molar-refractivity contribution in [2.75, 3.05) is 10.5 Å². The topological polar surface area (TPSA) is 89.3 Å². The molecule has 0 unspecified atom stereocenters. The predicted octanol–water partition coefficient (Wildman–Crippen LogP) is 2.79. The molecule has 0 spiro atoms. The van der Waals surface area contributed by atoms with E-state index in [0.29, 0.717) is 5.56 Å². The summed E-state index contributed by atoms with van der Waals surface area (Å²) in [6.45, 7) is 3.07. The maximum atomic E-state index is 12.9. The van der Waals surface area contributed by atoms with Gasteiger partial charge < -0.3 is 5.73 Å². The van der Waals surface area contributed by atoms with Gasteiger partial charge in [0.15, 0.2) is 5.78 Å². The first-order valence-corrected chi connectivity index (χ1v) is 8.47. The SMILES string of the molecule is CC(C)S(=O)(=O)Nc1cc(C(=O)c2ccc(F)cc2)ccc1N. The number of rotatable bonds is 5. The van der Waals surface area contributed by atoms with Crippen molar-refractivity contribution < 1.29 is 17.6 Å². The molecule has 0 aliphatic rings. The number of hydrogen-bond donors (Lipinski definition) is 2. The zero-order valence-corrected chi connectivity index (χ0v) is 13.5. The average molecular weight is 336 g/mol. The highest BCUT2D eigenvalue weighted by Gasteiger charge is 2.18. The molecule has 2 rings (SSSR count). The molecule has 0 aromatic heterocycles. The minimum atomic E-state index is -3.58. The first-order chi connectivity index (χ1) is 10.7. The Labute approximate surface area is 134 Å². The predicted molar refractivity (Wildman–Crippen MR) is 88.4 cm³/mol. The molecule has 122 valence electrons. The Morgan fingerprint density at radius 2 is 1.65 bits per heavy atom. The Morgan fingerprint density at radius 3 is 2.22 bits per heavy atom. The molecule has 0 saturated heterocycles. The Kier molecular flexibility index (Phi) is 4.70. The fourth-order valence-electron chi connectivity index (χ4n) is 1.82. The highest BCUT2D eigenvalue weighted by molar-refractivity contribution is 7.93. The van der Waals surface area contributed by atoms with Crippen molar-refractivity contribution in [1.82, 2.24) is 0 Å². The van der Waals surface area contributed by atoms with Crippen LogP contribution in [0.4, 0.5) is 15.8 Å².